The van der Waals surface area contributed by atoms with Gasteiger partial charge in [-0.05, 0) is 83.5 Å². The molecule has 0 amide bonds. The lowest BCUT2D eigenvalue weighted by Gasteiger charge is -2.15. The monoisotopic (exact) mass is 660 g/mol. The Hall–Kier alpha value is -6.90. The first-order valence-electron chi connectivity index (χ1n) is 17.7. The fourth-order valence-electron chi connectivity index (χ4n) is 7.70. The highest BCUT2D eigenvalue weighted by atomic mass is 14.9. The van der Waals surface area contributed by atoms with Crippen LogP contribution in [0.3, 0.4) is 0 Å². The summed E-state index contributed by atoms with van der Waals surface area (Å²) in [5.74, 6) is 0.698. The zero-order valence-corrected chi connectivity index (χ0v) is 28.4. The molecule has 0 atom stereocenters. The number of hydrogen-bond acceptors (Lipinski definition) is 2. The third kappa shape index (κ3) is 5.21. The lowest BCUT2D eigenvalue weighted by molar-refractivity contribution is 1.18. The van der Waals surface area contributed by atoms with E-state index >= 15 is 0 Å². The van der Waals surface area contributed by atoms with Crippen molar-refractivity contribution in [2.24, 2.45) is 0 Å². The smallest absolute Gasteiger partial charge is 0.160 e. The second kappa shape index (κ2) is 12.5. The maximum absolute atomic E-state index is 5.27. The minimum atomic E-state index is 0.698. The number of rotatable bonds is 5. The van der Waals surface area contributed by atoms with E-state index in [4.69, 9.17) is 9.97 Å². The molecule has 0 N–H and O–H groups in total. The molecule has 0 fully saturated rings. The molecule has 10 rings (SSSR count). The molecular weight excluding hydrogens is 629 g/mol. The van der Waals surface area contributed by atoms with E-state index in [1.807, 2.05) is 0 Å². The van der Waals surface area contributed by atoms with Crippen molar-refractivity contribution in [1.82, 2.24) is 9.97 Å². The molecule has 2 heteroatoms. The molecule has 52 heavy (non-hydrogen) atoms. The Morgan fingerprint density at radius 1 is 0.269 bits per heavy atom. The summed E-state index contributed by atoms with van der Waals surface area (Å²) < 4.78 is 0. The molecule has 2 nitrogen and oxygen atoms in total. The van der Waals surface area contributed by atoms with Gasteiger partial charge in [0.25, 0.3) is 0 Å². The standard InChI is InChI=1S/C50H32N2/c1-2-13-34(14-3-1)41-18-10-11-21-44(41)48-32-47(40-27-22-33-12-4-5-16-38(33)30-40)51-50(52-48)37-25-23-36(24-26-37)49-43-20-9-7-17-39(43)31-46-42-19-8-6-15-35(42)28-29-45(46)49/h1-32H. The van der Waals surface area contributed by atoms with Crippen LogP contribution in [-0.2, 0) is 0 Å². The van der Waals surface area contributed by atoms with Gasteiger partial charge in [0.1, 0.15) is 0 Å². The van der Waals surface area contributed by atoms with Gasteiger partial charge in [-0.2, -0.15) is 0 Å². The summed E-state index contributed by atoms with van der Waals surface area (Å²) in [6.07, 6.45) is 0. The lowest BCUT2D eigenvalue weighted by atomic mass is 9.89. The molecule has 9 aromatic carbocycles. The SMILES string of the molecule is c1ccc(-c2ccccc2-c2cc(-c3ccc4ccccc4c3)nc(-c3ccc(-c4c5ccccc5cc5c4ccc4ccccc45)cc3)n2)cc1. The molecule has 10 aromatic rings. The fourth-order valence-corrected chi connectivity index (χ4v) is 7.70. The van der Waals surface area contributed by atoms with Gasteiger partial charge >= 0.3 is 0 Å². The molecule has 0 aliphatic heterocycles. The minimum absolute atomic E-state index is 0.698. The van der Waals surface area contributed by atoms with Crippen LogP contribution in [0.5, 0.6) is 0 Å². The molecule has 0 unspecified atom stereocenters. The van der Waals surface area contributed by atoms with Crippen molar-refractivity contribution in [3.8, 4) is 56.2 Å². The Morgan fingerprint density at radius 3 is 1.69 bits per heavy atom. The van der Waals surface area contributed by atoms with Crippen LogP contribution in [0, 0.1) is 0 Å². The van der Waals surface area contributed by atoms with Crippen LogP contribution in [0.2, 0.25) is 0 Å². The summed E-state index contributed by atoms with van der Waals surface area (Å²) in [6, 6.07) is 69.3. The number of aromatic nitrogens is 2. The van der Waals surface area contributed by atoms with Crippen molar-refractivity contribution < 1.29 is 0 Å². The predicted octanol–water partition coefficient (Wildman–Crippen LogP) is 13.4. The molecule has 0 aliphatic carbocycles. The van der Waals surface area contributed by atoms with E-state index in [1.165, 1.54) is 54.2 Å². The zero-order chi connectivity index (χ0) is 34.4. The highest BCUT2D eigenvalue weighted by molar-refractivity contribution is 6.20. The highest BCUT2D eigenvalue weighted by Crippen LogP contribution is 2.40. The average molecular weight is 661 g/mol. The van der Waals surface area contributed by atoms with Gasteiger partial charge in [-0.25, -0.2) is 9.97 Å². The molecule has 1 aromatic heterocycles. The van der Waals surface area contributed by atoms with Crippen LogP contribution in [-0.4, -0.2) is 9.97 Å². The Labute approximate surface area is 302 Å². The molecule has 0 saturated heterocycles. The molecule has 0 radical (unpaired) electrons. The van der Waals surface area contributed by atoms with Crippen LogP contribution in [0.1, 0.15) is 0 Å². The molecule has 0 saturated carbocycles. The molecule has 0 spiro atoms. The largest absolute Gasteiger partial charge is 0.228 e. The van der Waals surface area contributed by atoms with Crippen molar-refractivity contribution >= 4 is 43.1 Å². The van der Waals surface area contributed by atoms with Gasteiger partial charge in [0.05, 0.1) is 11.4 Å². The Balaban J connectivity index is 1.15. The van der Waals surface area contributed by atoms with E-state index in [9.17, 15) is 0 Å². The van der Waals surface area contributed by atoms with Crippen LogP contribution >= 0.6 is 0 Å². The van der Waals surface area contributed by atoms with E-state index in [0.29, 0.717) is 5.82 Å². The second-order valence-electron chi connectivity index (χ2n) is 13.4. The predicted molar refractivity (Wildman–Crippen MR) is 219 cm³/mol. The number of fused-ring (bicyclic) bond motifs is 5. The molecule has 242 valence electrons. The van der Waals surface area contributed by atoms with Crippen LogP contribution in [0.15, 0.2) is 194 Å². The minimum Gasteiger partial charge on any atom is -0.228 e. The number of hydrogen-bond donors (Lipinski definition) is 0. The summed E-state index contributed by atoms with van der Waals surface area (Å²) in [6.45, 7) is 0. The van der Waals surface area contributed by atoms with Crippen LogP contribution < -0.4 is 0 Å². The van der Waals surface area contributed by atoms with Crippen molar-refractivity contribution in [3.05, 3.63) is 194 Å². The average Bonchev–Trinajstić information content (AvgIpc) is 3.23. The van der Waals surface area contributed by atoms with Gasteiger partial charge in [-0.3, -0.25) is 0 Å². The van der Waals surface area contributed by atoms with Crippen LogP contribution in [0.25, 0.3) is 99.2 Å². The van der Waals surface area contributed by atoms with Crippen molar-refractivity contribution in [2.75, 3.05) is 0 Å². The Kier molecular flexibility index (Phi) is 7.18. The number of nitrogens with zero attached hydrogens (tertiary/aromatic N) is 2. The van der Waals surface area contributed by atoms with Crippen molar-refractivity contribution in [2.45, 2.75) is 0 Å². The fraction of sp³-hybridized carbons (Fsp3) is 0. The second-order valence-corrected chi connectivity index (χ2v) is 13.4. The Morgan fingerprint density at radius 2 is 0.865 bits per heavy atom. The maximum Gasteiger partial charge on any atom is 0.160 e. The van der Waals surface area contributed by atoms with Gasteiger partial charge < -0.3 is 0 Å². The van der Waals surface area contributed by atoms with Gasteiger partial charge in [-0.15, -0.1) is 0 Å². The van der Waals surface area contributed by atoms with Crippen LogP contribution in [0.4, 0.5) is 0 Å². The first kappa shape index (κ1) is 30.0. The van der Waals surface area contributed by atoms with Gasteiger partial charge in [0.15, 0.2) is 5.82 Å². The third-order valence-electron chi connectivity index (χ3n) is 10.3. The van der Waals surface area contributed by atoms with Crippen molar-refractivity contribution in [3.63, 3.8) is 0 Å². The Bertz CT molecular complexity index is 2940. The normalized spacial score (nSPS) is 11.5. The molecule has 0 bridgehead atoms. The first-order valence-corrected chi connectivity index (χ1v) is 17.7. The zero-order valence-electron chi connectivity index (χ0n) is 28.4. The summed E-state index contributed by atoms with van der Waals surface area (Å²) in [7, 11) is 0. The molecule has 0 aliphatic rings. The van der Waals surface area contributed by atoms with Gasteiger partial charge in [0, 0.05) is 16.7 Å². The van der Waals surface area contributed by atoms with Gasteiger partial charge in [0.2, 0.25) is 0 Å². The van der Waals surface area contributed by atoms with Crippen molar-refractivity contribution in [1.29, 1.82) is 0 Å². The molecule has 1 heterocycles. The van der Waals surface area contributed by atoms with Gasteiger partial charge in [-0.1, -0.05) is 176 Å². The summed E-state index contributed by atoms with van der Waals surface area (Å²) >= 11 is 0. The summed E-state index contributed by atoms with van der Waals surface area (Å²) in [4.78, 5) is 10.5. The highest BCUT2D eigenvalue weighted by Gasteiger charge is 2.16. The molecular formula is C50H32N2. The topological polar surface area (TPSA) is 25.8 Å². The number of benzene rings is 9. The first-order chi connectivity index (χ1) is 25.8. The van der Waals surface area contributed by atoms with E-state index in [2.05, 4.69) is 194 Å². The van der Waals surface area contributed by atoms with E-state index in [-0.39, 0.29) is 0 Å². The maximum atomic E-state index is 5.27. The van der Waals surface area contributed by atoms with E-state index in [0.717, 1.165) is 39.2 Å². The summed E-state index contributed by atoms with van der Waals surface area (Å²) in [5, 5.41) is 9.91. The van der Waals surface area contributed by atoms with E-state index in [1.54, 1.807) is 0 Å². The third-order valence-corrected chi connectivity index (χ3v) is 10.3. The van der Waals surface area contributed by atoms with E-state index < -0.39 is 0 Å². The summed E-state index contributed by atoms with van der Waals surface area (Å²) in [5.41, 5.74) is 9.60. The lowest BCUT2D eigenvalue weighted by Crippen LogP contribution is -1.97. The quantitative estimate of drug-likeness (QED) is 0.136.